The number of para-hydroxylation sites is 2. The van der Waals surface area contributed by atoms with E-state index in [0.29, 0.717) is 6.54 Å². The van der Waals surface area contributed by atoms with Gasteiger partial charge in [0.1, 0.15) is 23.9 Å². The van der Waals surface area contributed by atoms with Gasteiger partial charge in [-0.05, 0) is 49.4 Å². The van der Waals surface area contributed by atoms with Crippen LogP contribution >= 0.6 is 11.8 Å². The molecule has 1 aliphatic heterocycles. The standard InChI is InChI=1S/C23H27N3O3S/c1-28-16-10-11-21(29-2)17(13-16)19-9-6-12-25(19)23(27)14-26-20-8-5-4-7-18(20)24-22(26)15-30-3/h4-5,7-8,10-11,13,19H,6,9,12,14-15H2,1-3H3. The second-order valence-corrected chi connectivity index (χ2v) is 8.25. The normalized spacial score (nSPS) is 16.2. The predicted molar refractivity (Wildman–Crippen MR) is 120 cm³/mol. The van der Waals surface area contributed by atoms with E-state index >= 15 is 0 Å². The number of rotatable bonds is 7. The average molecular weight is 426 g/mol. The van der Waals surface area contributed by atoms with Gasteiger partial charge in [0.25, 0.3) is 0 Å². The Hall–Kier alpha value is -2.67. The van der Waals surface area contributed by atoms with Crippen molar-refractivity contribution < 1.29 is 14.3 Å². The number of methoxy groups -OCH3 is 2. The molecule has 1 atom stereocenters. The molecular weight excluding hydrogens is 398 g/mol. The fourth-order valence-corrected chi connectivity index (χ4v) is 4.73. The van der Waals surface area contributed by atoms with E-state index < -0.39 is 0 Å². The predicted octanol–water partition coefficient (Wildman–Crippen LogP) is 4.28. The maximum Gasteiger partial charge on any atom is 0.243 e. The lowest BCUT2D eigenvalue weighted by Crippen LogP contribution is -2.34. The van der Waals surface area contributed by atoms with E-state index in [0.717, 1.165) is 59.1 Å². The summed E-state index contributed by atoms with van der Waals surface area (Å²) in [5.41, 5.74) is 2.94. The Balaban J connectivity index is 1.64. The summed E-state index contributed by atoms with van der Waals surface area (Å²) in [5, 5.41) is 0. The summed E-state index contributed by atoms with van der Waals surface area (Å²) in [6, 6.07) is 13.8. The molecule has 1 saturated heterocycles. The number of carbonyl (C=O) groups excluding carboxylic acids is 1. The number of aromatic nitrogens is 2. The first-order valence-corrected chi connectivity index (χ1v) is 11.5. The number of nitrogens with zero attached hydrogens (tertiary/aromatic N) is 3. The van der Waals surface area contributed by atoms with Gasteiger partial charge in [0.05, 0.1) is 37.0 Å². The molecule has 3 aromatic rings. The van der Waals surface area contributed by atoms with Crippen molar-refractivity contribution in [3.63, 3.8) is 0 Å². The number of hydrogen-bond acceptors (Lipinski definition) is 5. The average Bonchev–Trinajstić information content (AvgIpc) is 3.39. The highest BCUT2D eigenvalue weighted by molar-refractivity contribution is 7.97. The number of thioether (sulfide) groups is 1. The summed E-state index contributed by atoms with van der Waals surface area (Å²) in [4.78, 5) is 20.2. The summed E-state index contributed by atoms with van der Waals surface area (Å²) in [6.45, 7) is 1.04. The Morgan fingerprint density at radius 1 is 1.20 bits per heavy atom. The number of benzene rings is 2. The van der Waals surface area contributed by atoms with E-state index in [-0.39, 0.29) is 11.9 Å². The van der Waals surface area contributed by atoms with Crippen LogP contribution < -0.4 is 9.47 Å². The third-order valence-electron chi connectivity index (χ3n) is 5.67. The lowest BCUT2D eigenvalue weighted by atomic mass is 10.0. The summed E-state index contributed by atoms with van der Waals surface area (Å²) in [6.07, 6.45) is 3.94. The molecular formula is C23H27N3O3S. The molecule has 1 aromatic heterocycles. The summed E-state index contributed by atoms with van der Waals surface area (Å²) >= 11 is 1.71. The number of carbonyl (C=O) groups is 1. The van der Waals surface area contributed by atoms with Crippen molar-refractivity contribution in [3.05, 3.63) is 53.9 Å². The van der Waals surface area contributed by atoms with Crippen molar-refractivity contribution in [1.82, 2.24) is 14.5 Å². The first-order chi connectivity index (χ1) is 14.7. The largest absolute Gasteiger partial charge is 0.497 e. The first-order valence-electron chi connectivity index (χ1n) is 10.1. The molecule has 7 heteroatoms. The molecule has 0 bridgehead atoms. The van der Waals surface area contributed by atoms with Gasteiger partial charge in [0, 0.05) is 12.1 Å². The van der Waals surface area contributed by atoms with E-state index in [1.807, 2.05) is 47.4 Å². The fourth-order valence-electron chi connectivity index (χ4n) is 4.26. The van der Waals surface area contributed by atoms with Gasteiger partial charge in [-0.3, -0.25) is 4.79 Å². The number of imidazole rings is 1. The lowest BCUT2D eigenvalue weighted by Gasteiger charge is -2.27. The molecule has 2 aromatic carbocycles. The van der Waals surface area contributed by atoms with Crippen molar-refractivity contribution >= 4 is 28.7 Å². The zero-order valence-corrected chi connectivity index (χ0v) is 18.4. The number of likely N-dealkylation sites (tertiary alicyclic amines) is 1. The maximum atomic E-state index is 13.4. The number of hydrogen-bond donors (Lipinski definition) is 0. The quantitative estimate of drug-likeness (QED) is 0.566. The van der Waals surface area contributed by atoms with E-state index in [2.05, 4.69) is 10.8 Å². The summed E-state index contributed by atoms with van der Waals surface area (Å²) < 4.78 is 13.1. The number of amides is 1. The lowest BCUT2D eigenvalue weighted by molar-refractivity contribution is -0.132. The second kappa shape index (κ2) is 9.00. The zero-order valence-electron chi connectivity index (χ0n) is 17.6. The van der Waals surface area contributed by atoms with Crippen LogP contribution in [0, 0.1) is 0 Å². The molecule has 1 unspecified atom stereocenters. The van der Waals surface area contributed by atoms with Crippen LogP contribution in [0.4, 0.5) is 0 Å². The van der Waals surface area contributed by atoms with Crippen molar-refractivity contribution in [1.29, 1.82) is 0 Å². The van der Waals surface area contributed by atoms with Crippen LogP contribution in [0.3, 0.4) is 0 Å². The third kappa shape index (κ3) is 3.86. The van der Waals surface area contributed by atoms with Crippen LogP contribution in [0.15, 0.2) is 42.5 Å². The maximum absolute atomic E-state index is 13.4. The van der Waals surface area contributed by atoms with Crippen molar-refractivity contribution in [2.45, 2.75) is 31.2 Å². The zero-order chi connectivity index (χ0) is 21.1. The minimum Gasteiger partial charge on any atom is -0.497 e. The van der Waals surface area contributed by atoms with Gasteiger partial charge in [0.15, 0.2) is 0 Å². The molecule has 0 N–H and O–H groups in total. The van der Waals surface area contributed by atoms with Crippen LogP contribution in [0.1, 0.15) is 30.3 Å². The van der Waals surface area contributed by atoms with Gasteiger partial charge >= 0.3 is 0 Å². The molecule has 6 nitrogen and oxygen atoms in total. The monoisotopic (exact) mass is 425 g/mol. The van der Waals surface area contributed by atoms with Gasteiger partial charge in [-0.1, -0.05) is 12.1 Å². The van der Waals surface area contributed by atoms with Crippen LogP contribution in [-0.2, 0) is 17.1 Å². The molecule has 1 fully saturated rings. The van der Waals surface area contributed by atoms with Gasteiger partial charge in [0.2, 0.25) is 5.91 Å². The first kappa shape index (κ1) is 20.6. The van der Waals surface area contributed by atoms with Crippen molar-refractivity contribution in [2.75, 3.05) is 27.0 Å². The molecule has 0 aliphatic carbocycles. The van der Waals surface area contributed by atoms with Gasteiger partial charge in [-0.25, -0.2) is 4.98 Å². The molecule has 1 aliphatic rings. The highest BCUT2D eigenvalue weighted by atomic mass is 32.2. The van der Waals surface area contributed by atoms with Crippen LogP contribution in [0.25, 0.3) is 11.0 Å². The molecule has 0 spiro atoms. The Morgan fingerprint density at radius 2 is 2.03 bits per heavy atom. The number of fused-ring (bicyclic) bond motifs is 1. The highest BCUT2D eigenvalue weighted by Gasteiger charge is 2.32. The van der Waals surface area contributed by atoms with Crippen LogP contribution in [-0.4, -0.2) is 47.4 Å². The Kier molecular flexibility index (Phi) is 6.18. The molecule has 0 radical (unpaired) electrons. The minimum atomic E-state index is -0.0127. The second-order valence-electron chi connectivity index (χ2n) is 7.39. The van der Waals surface area contributed by atoms with Gasteiger partial charge < -0.3 is 18.9 Å². The summed E-state index contributed by atoms with van der Waals surface area (Å²) in [7, 11) is 3.32. The van der Waals surface area contributed by atoms with Crippen LogP contribution in [0.5, 0.6) is 11.5 Å². The van der Waals surface area contributed by atoms with E-state index in [9.17, 15) is 4.79 Å². The van der Waals surface area contributed by atoms with Crippen molar-refractivity contribution in [2.24, 2.45) is 0 Å². The van der Waals surface area contributed by atoms with Crippen molar-refractivity contribution in [3.8, 4) is 11.5 Å². The molecule has 4 rings (SSSR count). The van der Waals surface area contributed by atoms with E-state index in [1.54, 1.807) is 26.0 Å². The number of ether oxygens (including phenoxy) is 2. The third-order valence-corrected chi connectivity index (χ3v) is 6.22. The topological polar surface area (TPSA) is 56.6 Å². The molecule has 158 valence electrons. The molecule has 2 heterocycles. The molecule has 1 amide bonds. The Labute approximate surface area is 181 Å². The van der Waals surface area contributed by atoms with E-state index in [4.69, 9.17) is 14.5 Å². The molecule has 30 heavy (non-hydrogen) atoms. The fraction of sp³-hybridized carbons (Fsp3) is 0.391. The minimum absolute atomic E-state index is 0.0127. The molecule has 0 saturated carbocycles. The smallest absolute Gasteiger partial charge is 0.243 e. The van der Waals surface area contributed by atoms with Crippen LogP contribution in [0.2, 0.25) is 0 Å². The van der Waals surface area contributed by atoms with Gasteiger partial charge in [-0.2, -0.15) is 11.8 Å². The Morgan fingerprint density at radius 3 is 2.80 bits per heavy atom. The van der Waals surface area contributed by atoms with Gasteiger partial charge in [-0.15, -0.1) is 0 Å². The SMILES string of the molecule is COc1ccc(OC)c(C2CCCN2C(=O)Cn2c(CSC)nc3ccccc32)c1. The van der Waals surface area contributed by atoms with E-state index in [1.165, 1.54) is 0 Å². The Bertz CT molecular complexity index is 1050. The summed E-state index contributed by atoms with van der Waals surface area (Å²) in [5.74, 6) is 3.37. The highest BCUT2D eigenvalue weighted by Crippen LogP contribution is 2.39.